The van der Waals surface area contributed by atoms with Gasteiger partial charge in [0.15, 0.2) is 5.96 Å². The molecular weight excluding hydrogens is 445 g/mol. The zero-order valence-electron chi connectivity index (χ0n) is 15.1. The highest BCUT2D eigenvalue weighted by Crippen LogP contribution is 2.17. The predicted octanol–water partition coefficient (Wildman–Crippen LogP) is 4.37. The number of benzene rings is 1. The molecule has 1 heterocycles. The van der Waals surface area contributed by atoms with Gasteiger partial charge in [0.2, 0.25) is 0 Å². The molecule has 0 bridgehead atoms. The summed E-state index contributed by atoms with van der Waals surface area (Å²) in [7, 11) is 1.80. The SMILES string of the molecule is CCOCc1ccccc1CNC(=NC)NCC(C)c1ccsc1.I. The van der Waals surface area contributed by atoms with Gasteiger partial charge in [0, 0.05) is 26.7 Å². The van der Waals surface area contributed by atoms with Crippen LogP contribution >= 0.6 is 35.3 Å². The lowest BCUT2D eigenvalue weighted by molar-refractivity contribution is 0.133. The van der Waals surface area contributed by atoms with Crippen molar-refractivity contribution in [3.8, 4) is 0 Å². The highest BCUT2D eigenvalue weighted by atomic mass is 127. The molecular formula is C19H28IN3OS. The number of halogens is 1. The quantitative estimate of drug-likeness (QED) is 0.340. The van der Waals surface area contributed by atoms with Gasteiger partial charge < -0.3 is 15.4 Å². The van der Waals surface area contributed by atoms with E-state index in [4.69, 9.17) is 4.74 Å². The van der Waals surface area contributed by atoms with Gasteiger partial charge in [0.05, 0.1) is 6.61 Å². The van der Waals surface area contributed by atoms with E-state index in [0.717, 1.165) is 25.7 Å². The zero-order valence-corrected chi connectivity index (χ0v) is 18.3. The number of ether oxygens (including phenoxy) is 1. The van der Waals surface area contributed by atoms with Crippen LogP contribution in [0.4, 0.5) is 0 Å². The maximum atomic E-state index is 5.54. The van der Waals surface area contributed by atoms with Gasteiger partial charge >= 0.3 is 0 Å². The van der Waals surface area contributed by atoms with Crippen LogP contribution in [0, 0.1) is 0 Å². The number of hydrogen-bond donors (Lipinski definition) is 2. The Balaban J connectivity index is 0.00000312. The van der Waals surface area contributed by atoms with Crippen LogP contribution in [-0.4, -0.2) is 26.2 Å². The summed E-state index contributed by atoms with van der Waals surface area (Å²) in [6, 6.07) is 10.5. The summed E-state index contributed by atoms with van der Waals surface area (Å²) in [5.41, 5.74) is 3.82. The fraction of sp³-hybridized carbons (Fsp3) is 0.421. The molecule has 0 fully saturated rings. The van der Waals surface area contributed by atoms with Crippen molar-refractivity contribution in [3.05, 3.63) is 57.8 Å². The third-order valence-corrected chi connectivity index (χ3v) is 4.64. The standard InChI is InChI=1S/C19H27N3OS.HI/c1-4-23-13-17-8-6-5-7-16(17)12-22-19(20-3)21-11-15(2)18-9-10-24-14-18;/h5-10,14-15H,4,11-13H2,1-3H3,(H2,20,21,22);1H. The maximum Gasteiger partial charge on any atom is 0.191 e. The van der Waals surface area contributed by atoms with Crippen LogP contribution in [0.2, 0.25) is 0 Å². The molecule has 0 saturated heterocycles. The van der Waals surface area contributed by atoms with Crippen LogP contribution < -0.4 is 10.6 Å². The largest absolute Gasteiger partial charge is 0.377 e. The topological polar surface area (TPSA) is 45.6 Å². The molecule has 4 nitrogen and oxygen atoms in total. The normalized spacial score (nSPS) is 12.4. The van der Waals surface area contributed by atoms with Crippen molar-refractivity contribution in [2.24, 2.45) is 4.99 Å². The molecule has 0 radical (unpaired) electrons. The lowest BCUT2D eigenvalue weighted by Gasteiger charge is -2.16. The molecule has 0 aliphatic heterocycles. The predicted molar refractivity (Wildman–Crippen MR) is 118 cm³/mol. The van der Waals surface area contributed by atoms with Gasteiger partial charge in [0.25, 0.3) is 0 Å². The van der Waals surface area contributed by atoms with Crippen molar-refractivity contribution in [1.82, 2.24) is 10.6 Å². The minimum Gasteiger partial charge on any atom is -0.377 e. The number of aliphatic imine (C=N–C) groups is 1. The molecule has 1 aromatic carbocycles. The van der Waals surface area contributed by atoms with E-state index < -0.39 is 0 Å². The molecule has 0 aliphatic carbocycles. The molecule has 1 unspecified atom stereocenters. The Bertz CT molecular complexity index is 631. The van der Waals surface area contributed by atoms with Crippen LogP contribution in [-0.2, 0) is 17.9 Å². The van der Waals surface area contributed by atoms with Gasteiger partial charge in [-0.05, 0) is 46.4 Å². The van der Waals surface area contributed by atoms with Crippen LogP contribution in [0.1, 0.15) is 36.5 Å². The van der Waals surface area contributed by atoms with Crippen molar-refractivity contribution < 1.29 is 4.74 Å². The van der Waals surface area contributed by atoms with Gasteiger partial charge in [-0.25, -0.2) is 0 Å². The Labute approximate surface area is 172 Å². The summed E-state index contributed by atoms with van der Waals surface area (Å²) in [5.74, 6) is 1.28. The molecule has 0 aliphatic rings. The Morgan fingerprint density at radius 1 is 1.20 bits per heavy atom. The molecule has 2 aromatic rings. The first-order valence-electron chi connectivity index (χ1n) is 8.35. The fourth-order valence-corrected chi connectivity index (χ4v) is 3.19. The monoisotopic (exact) mass is 473 g/mol. The van der Waals surface area contributed by atoms with Crippen LogP contribution in [0.15, 0.2) is 46.1 Å². The van der Waals surface area contributed by atoms with E-state index in [1.54, 1.807) is 18.4 Å². The average molecular weight is 473 g/mol. The molecule has 0 saturated carbocycles. The Hall–Kier alpha value is -1.12. The first kappa shape index (κ1) is 21.9. The van der Waals surface area contributed by atoms with Crippen LogP contribution in [0.3, 0.4) is 0 Å². The summed E-state index contributed by atoms with van der Waals surface area (Å²) in [6.07, 6.45) is 0. The van der Waals surface area contributed by atoms with E-state index in [9.17, 15) is 0 Å². The smallest absolute Gasteiger partial charge is 0.191 e. The Morgan fingerprint density at radius 2 is 1.96 bits per heavy atom. The second-order valence-corrected chi connectivity index (χ2v) is 6.45. The van der Waals surface area contributed by atoms with Gasteiger partial charge in [-0.1, -0.05) is 31.2 Å². The minimum atomic E-state index is 0. The van der Waals surface area contributed by atoms with E-state index in [-0.39, 0.29) is 24.0 Å². The highest BCUT2D eigenvalue weighted by Gasteiger charge is 2.08. The first-order valence-corrected chi connectivity index (χ1v) is 9.30. The summed E-state index contributed by atoms with van der Waals surface area (Å²) in [5, 5.41) is 11.1. The molecule has 1 atom stereocenters. The molecule has 6 heteroatoms. The van der Waals surface area contributed by atoms with Crippen molar-refractivity contribution >= 4 is 41.3 Å². The van der Waals surface area contributed by atoms with E-state index in [1.165, 1.54) is 16.7 Å². The highest BCUT2D eigenvalue weighted by molar-refractivity contribution is 14.0. The fourth-order valence-electron chi connectivity index (χ4n) is 2.41. The molecule has 2 rings (SSSR count). The second kappa shape index (κ2) is 12.3. The maximum absolute atomic E-state index is 5.54. The molecule has 0 spiro atoms. The molecule has 25 heavy (non-hydrogen) atoms. The number of guanidine groups is 1. The summed E-state index contributed by atoms with van der Waals surface area (Å²) in [4.78, 5) is 4.31. The van der Waals surface area contributed by atoms with E-state index in [1.807, 2.05) is 13.0 Å². The van der Waals surface area contributed by atoms with Crippen molar-refractivity contribution in [3.63, 3.8) is 0 Å². The Kier molecular flexibility index (Phi) is 10.8. The third-order valence-electron chi connectivity index (χ3n) is 3.94. The van der Waals surface area contributed by atoms with Crippen molar-refractivity contribution in [2.45, 2.75) is 32.9 Å². The van der Waals surface area contributed by atoms with Crippen LogP contribution in [0.5, 0.6) is 0 Å². The van der Waals surface area contributed by atoms with E-state index in [2.05, 4.69) is 57.6 Å². The van der Waals surface area contributed by atoms with Gasteiger partial charge in [0.1, 0.15) is 0 Å². The lowest BCUT2D eigenvalue weighted by Crippen LogP contribution is -2.38. The average Bonchev–Trinajstić information content (AvgIpc) is 3.15. The summed E-state index contributed by atoms with van der Waals surface area (Å²) < 4.78 is 5.54. The molecule has 1 aromatic heterocycles. The van der Waals surface area contributed by atoms with Crippen LogP contribution in [0.25, 0.3) is 0 Å². The molecule has 0 amide bonds. The van der Waals surface area contributed by atoms with E-state index >= 15 is 0 Å². The van der Waals surface area contributed by atoms with E-state index in [0.29, 0.717) is 12.5 Å². The lowest BCUT2D eigenvalue weighted by atomic mass is 10.1. The molecule has 138 valence electrons. The second-order valence-electron chi connectivity index (χ2n) is 5.67. The van der Waals surface area contributed by atoms with Crippen molar-refractivity contribution in [1.29, 1.82) is 0 Å². The number of thiophene rings is 1. The number of rotatable bonds is 8. The number of nitrogens with one attached hydrogen (secondary N) is 2. The summed E-state index contributed by atoms with van der Waals surface area (Å²) >= 11 is 1.74. The Morgan fingerprint density at radius 3 is 2.60 bits per heavy atom. The molecule has 2 N–H and O–H groups in total. The van der Waals surface area contributed by atoms with Gasteiger partial charge in [-0.15, -0.1) is 24.0 Å². The van der Waals surface area contributed by atoms with Gasteiger partial charge in [-0.3, -0.25) is 4.99 Å². The minimum absolute atomic E-state index is 0. The third kappa shape index (κ3) is 7.33. The first-order chi connectivity index (χ1) is 11.7. The zero-order chi connectivity index (χ0) is 17.2. The number of hydrogen-bond acceptors (Lipinski definition) is 3. The van der Waals surface area contributed by atoms with Crippen molar-refractivity contribution in [2.75, 3.05) is 20.2 Å². The number of nitrogens with zero attached hydrogens (tertiary/aromatic N) is 1. The van der Waals surface area contributed by atoms with Gasteiger partial charge in [-0.2, -0.15) is 11.3 Å². The summed E-state index contributed by atoms with van der Waals surface area (Å²) in [6.45, 7) is 7.20.